The van der Waals surface area contributed by atoms with E-state index in [4.69, 9.17) is 4.52 Å². The Morgan fingerprint density at radius 3 is 2.54 bits per heavy atom. The molecular weight excluding hydrogens is 417 g/mol. The van der Waals surface area contributed by atoms with Gasteiger partial charge in [0.25, 0.3) is 0 Å². The molecule has 136 valence electrons. The maximum Gasteiger partial charge on any atom is 0.193 e. The topological polar surface area (TPSA) is 56.9 Å². The summed E-state index contributed by atoms with van der Waals surface area (Å²) in [4.78, 5) is 9.24. The molecule has 1 atom stereocenters. The average molecular weight is 447 g/mol. The van der Waals surface area contributed by atoms with Crippen molar-refractivity contribution in [3.8, 4) is 0 Å². The number of aliphatic imine (C=N–C) groups is 1. The largest absolute Gasteiger partial charge is 0.361 e. The highest BCUT2D eigenvalue weighted by molar-refractivity contribution is 14.0. The smallest absolute Gasteiger partial charge is 0.193 e. The van der Waals surface area contributed by atoms with Crippen molar-refractivity contribution in [3.63, 3.8) is 0 Å². The van der Waals surface area contributed by atoms with Crippen molar-refractivity contribution in [3.05, 3.63) is 17.5 Å². The summed E-state index contributed by atoms with van der Waals surface area (Å²) >= 11 is 0. The Kier molecular flexibility index (Phi) is 6.52. The molecule has 2 fully saturated rings. The van der Waals surface area contributed by atoms with E-state index in [1.165, 1.54) is 6.42 Å². The lowest BCUT2D eigenvalue weighted by Crippen LogP contribution is -2.52. The molecule has 6 nitrogen and oxygen atoms in total. The van der Waals surface area contributed by atoms with Crippen LogP contribution in [0, 0.1) is 18.3 Å². The highest BCUT2D eigenvalue weighted by atomic mass is 127. The van der Waals surface area contributed by atoms with Crippen LogP contribution in [0.1, 0.15) is 31.7 Å². The van der Waals surface area contributed by atoms with Gasteiger partial charge in [-0.2, -0.15) is 0 Å². The van der Waals surface area contributed by atoms with Gasteiger partial charge in [-0.3, -0.25) is 9.89 Å². The van der Waals surface area contributed by atoms with Crippen molar-refractivity contribution < 1.29 is 4.52 Å². The molecule has 2 heterocycles. The zero-order valence-electron chi connectivity index (χ0n) is 15.2. The maximum atomic E-state index is 5.14. The van der Waals surface area contributed by atoms with E-state index < -0.39 is 0 Å². The van der Waals surface area contributed by atoms with Gasteiger partial charge in [0.15, 0.2) is 5.96 Å². The van der Waals surface area contributed by atoms with E-state index in [1.807, 2.05) is 20.0 Å². The standard InChI is InChI=1S/C17H29N5O.HI/c1-13-9-15(20-23-13)12-21-5-7-22(8-6-21)16(18-4)19-11-14-10-17(14,2)3;/h9,14H,5-8,10-12H2,1-4H3,(H,18,19);1H. The van der Waals surface area contributed by atoms with Gasteiger partial charge >= 0.3 is 0 Å². The molecule has 0 bridgehead atoms. The maximum absolute atomic E-state index is 5.14. The minimum Gasteiger partial charge on any atom is -0.361 e. The molecule has 0 radical (unpaired) electrons. The second-order valence-electron chi connectivity index (χ2n) is 7.51. The van der Waals surface area contributed by atoms with Crippen LogP contribution < -0.4 is 5.32 Å². The van der Waals surface area contributed by atoms with Crippen LogP contribution in [0.15, 0.2) is 15.6 Å². The van der Waals surface area contributed by atoms with Crippen molar-refractivity contribution >= 4 is 29.9 Å². The highest BCUT2D eigenvalue weighted by Crippen LogP contribution is 2.50. The second-order valence-corrected chi connectivity index (χ2v) is 7.51. The van der Waals surface area contributed by atoms with Crippen molar-refractivity contribution in [1.82, 2.24) is 20.3 Å². The molecule has 1 aliphatic heterocycles. The van der Waals surface area contributed by atoms with Crippen LogP contribution in [0.2, 0.25) is 0 Å². The Hall–Kier alpha value is -0.830. The molecule has 1 saturated heterocycles. The molecule has 1 N–H and O–H groups in total. The van der Waals surface area contributed by atoms with Gasteiger partial charge in [0.2, 0.25) is 0 Å². The predicted octanol–water partition coefficient (Wildman–Crippen LogP) is 2.34. The third-order valence-electron chi connectivity index (χ3n) is 5.17. The lowest BCUT2D eigenvalue weighted by atomic mass is 10.1. The first kappa shape index (κ1) is 19.5. The number of hydrogen-bond donors (Lipinski definition) is 1. The fourth-order valence-corrected chi connectivity index (χ4v) is 3.31. The number of nitrogens with one attached hydrogen (secondary N) is 1. The zero-order chi connectivity index (χ0) is 16.4. The number of piperazine rings is 1. The van der Waals surface area contributed by atoms with Gasteiger partial charge in [-0.1, -0.05) is 19.0 Å². The predicted molar refractivity (Wildman–Crippen MR) is 107 cm³/mol. The summed E-state index contributed by atoms with van der Waals surface area (Å²) in [6, 6.07) is 2.02. The average Bonchev–Trinajstić information content (AvgIpc) is 2.92. The Balaban J connectivity index is 0.00000208. The lowest BCUT2D eigenvalue weighted by Gasteiger charge is -2.36. The van der Waals surface area contributed by atoms with E-state index in [2.05, 4.69) is 39.1 Å². The van der Waals surface area contributed by atoms with Gasteiger partial charge < -0.3 is 14.7 Å². The summed E-state index contributed by atoms with van der Waals surface area (Å²) in [5.41, 5.74) is 1.54. The molecule has 0 spiro atoms. The first-order valence-electron chi connectivity index (χ1n) is 8.58. The fraction of sp³-hybridized carbons (Fsp3) is 0.765. The van der Waals surface area contributed by atoms with E-state index in [0.717, 1.165) is 62.6 Å². The van der Waals surface area contributed by atoms with Crippen molar-refractivity contribution in [1.29, 1.82) is 0 Å². The highest BCUT2D eigenvalue weighted by Gasteiger charge is 2.45. The number of halogens is 1. The molecule has 24 heavy (non-hydrogen) atoms. The first-order chi connectivity index (χ1) is 11.0. The molecule has 7 heteroatoms. The van der Waals surface area contributed by atoms with Crippen LogP contribution in [-0.4, -0.2) is 60.7 Å². The van der Waals surface area contributed by atoms with Crippen molar-refractivity contribution in [2.75, 3.05) is 39.8 Å². The monoisotopic (exact) mass is 447 g/mol. The Morgan fingerprint density at radius 2 is 2.04 bits per heavy atom. The van der Waals surface area contributed by atoms with E-state index >= 15 is 0 Å². The minimum absolute atomic E-state index is 0. The van der Waals surface area contributed by atoms with E-state index in [0.29, 0.717) is 5.41 Å². The molecule has 0 amide bonds. The second kappa shape index (κ2) is 8.03. The van der Waals surface area contributed by atoms with Crippen LogP contribution in [0.25, 0.3) is 0 Å². The van der Waals surface area contributed by atoms with Crippen molar-refractivity contribution in [2.24, 2.45) is 16.3 Å². The fourth-order valence-electron chi connectivity index (χ4n) is 3.31. The third-order valence-corrected chi connectivity index (χ3v) is 5.17. The molecule has 1 aliphatic carbocycles. The summed E-state index contributed by atoms with van der Waals surface area (Å²) < 4.78 is 5.14. The summed E-state index contributed by atoms with van der Waals surface area (Å²) in [6.07, 6.45) is 1.32. The zero-order valence-corrected chi connectivity index (χ0v) is 17.5. The Bertz CT molecular complexity index is 563. The Morgan fingerprint density at radius 1 is 1.38 bits per heavy atom. The number of aryl methyl sites for hydroxylation is 1. The normalized spacial score (nSPS) is 23.8. The molecular formula is C17H30IN5O. The van der Waals surface area contributed by atoms with Gasteiger partial charge in [0, 0.05) is 52.4 Å². The van der Waals surface area contributed by atoms with Crippen LogP contribution in [-0.2, 0) is 6.54 Å². The number of aromatic nitrogens is 1. The van der Waals surface area contributed by atoms with Gasteiger partial charge in [-0.15, -0.1) is 24.0 Å². The molecule has 3 rings (SSSR count). The number of guanidine groups is 1. The van der Waals surface area contributed by atoms with Gasteiger partial charge in [-0.25, -0.2) is 0 Å². The van der Waals surface area contributed by atoms with Gasteiger partial charge in [0.1, 0.15) is 5.76 Å². The van der Waals surface area contributed by atoms with Crippen LogP contribution in [0.5, 0.6) is 0 Å². The van der Waals surface area contributed by atoms with Crippen LogP contribution >= 0.6 is 24.0 Å². The van der Waals surface area contributed by atoms with E-state index in [9.17, 15) is 0 Å². The van der Waals surface area contributed by atoms with E-state index in [1.54, 1.807) is 0 Å². The van der Waals surface area contributed by atoms with Crippen LogP contribution in [0.4, 0.5) is 0 Å². The molecule has 2 aliphatic rings. The molecule has 0 aromatic carbocycles. The van der Waals surface area contributed by atoms with Gasteiger partial charge in [0.05, 0.1) is 5.69 Å². The minimum atomic E-state index is 0. The quantitative estimate of drug-likeness (QED) is 0.436. The summed E-state index contributed by atoms with van der Waals surface area (Å²) in [7, 11) is 1.88. The third kappa shape index (κ3) is 4.84. The van der Waals surface area contributed by atoms with Gasteiger partial charge in [-0.05, 0) is 24.7 Å². The van der Waals surface area contributed by atoms with Crippen molar-refractivity contribution in [2.45, 2.75) is 33.7 Å². The summed E-state index contributed by atoms with van der Waals surface area (Å²) in [6.45, 7) is 12.6. The SMILES string of the molecule is CN=C(NCC1CC1(C)C)N1CCN(Cc2cc(C)on2)CC1.I. The van der Waals surface area contributed by atoms with Crippen LogP contribution in [0.3, 0.4) is 0 Å². The molecule has 1 unspecified atom stereocenters. The number of rotatable bonds is 4. The summed E-state index contributed by atoms with van der Waals surface area (Å²) in [5.74, 6) is 2.71. The first-order valence-corrected chi connectivity index (χ1v) is 8.58. The number of nitrogens with zero attached hydrogens (tertiary/aromatic N) is 4. The number of hydrogen-bond acceptors (Lipinski definition) is 4. The van der Waals surface area contributed by atoms with E-state index in [-0.39, 0.29) is 24.0 Å². The Labute approximate surface area is 162 Å². The molecule has 1 aromatic rings. The summed E-state index contributed by atoms with van der Waals surface area (Å²) in [5, 5.41) is 7.64. The molecule has 1 aromatic heterocycles. The lowest BCUT2D eigenvalue weighted by molar-refractivity contribution is 0.169. The molecule has 1 saturated carbocycles.